The highest BCUT2D eigenvalue weighted by atomic mass is 32.1. The smallest absolute Gasteiger partial charge is 0.387 e. The van der Waals surface area contributed by atoms with Crippen LogP contribution in [0.15, 0.2) is 24.4 Å². The number of ether oxygens (including phenoxy) is 1. The summed E-state index contributed by atoms with van der Waals surface area (Å²) in [6.07, 6.45) is 1.46. The van der Waals surface area contributed by atoms with Gasteiger partial charge in [-0.3, -0.25) is 4.98 Å². The minimum atomic E-state index is -2.92. The monoisotopic (exact) mass is 360 g/mol. The minimum absolute atomic E-state index is 0.0168. The summed E-state index contributed by atoms with van der Waals surface area (Å²) in [5.74, 6) is 0.0168. The summed E-state index contributed by atoms with van der Waals surface area (Å²) in [6.45, 7) is 1.41. The summed E-state index contributed by atoms with van der Waals surface area (Å²) in [6, 6.07) is 6.53. The summed E-state index contributed by atoms with van der Waals surface area (Å²) in [5.41, 5.74) is 2.31. The number of fused-ring (bicyclic) bond motifs is 1. The molecule has 3 rings (SSSR count). The lowest BCUT2D eigenvalue weighted by Gasteiger charge is -2.12. The second kappa shape index (κ2) is 6.99. The molecule has 8 heteroatoms. The number of rotatable bonds is 5. The van der Waals surface area contributed by atoms with Gasteiger partial charge in [-0.2, -0.15) is 14.0 Å². The summed E-state index contributed by atoms with van der Waals surface area (Å²) >= 11 is 1.60. The molecule has 1 aromatic carbocycles. The second-order valence-electron chi connectivity index (χ2n) is 5.31. The largest absolute Gasteiger partial charge is 0.435 e. The number of pyridine rings is 1. The van der Waals surface area contributed by atoms with Crippen molar-refractivity contribution in [3.05, 3.63) is 45.5 Å². The molecule has 0 amide bonds. The van der Waals surface area contributed by atoms with E-state index in [-0.39, 0.29) is 5.75 Å². The maximum atomic E-state index is 12.5. The van der Waals surface area contributed by atoms with Crippen LogP contribution in [0.3, 0.4) is 0 Å². The number of nitrogens with one attached hydrogen (secondary N) is 1. The van der Waals surface area contributed by atoms with E-state index in [1.54, 1.807) is 17.4 Å². The molecule has 3 aromatic rings. The fourth-order valence-corrected chi connectivity index (χ4v) is 3.37. The molecular formula is C17H14F2N4OS. The fraction of sp³-hybridized carbons (Fsp3) is 0.235. The van der Waals surface area contributed by atoms with Crippen molar-refractivity contribution in [2.45, 2.75) is 27.0 Å². The van der Waals surface area contributed by atoms with Crippen molar-refractivity contribution < 1.29 is 13.5 Å². The number of benzene rings is 1. The average Bonchev–Trinajstić information content (AvgIpc) is 2.89. The van der Waals surface area contributed by atoms with E-state index in [1.165, 1.54) is 18.3 Å². The third-order valence-corrected chi connectivity index (χ3v) is 4.55. The van der Waals surface area contributed by atoms with Crippen molar-refractivity contribution in [3.63, 3.8) is 0 Å². The highest BCUT2D eigenvalue weighted by molar-refractivity contribution is 7.11. The first-order valence-corrected chi connectivity index (χ1v) is 8.24. The fourth-order valence-electron chi connectivity index (χ4n) is 2.53. The number of halogens is 2. The molecule has 0 atom stereocenters. The third-order valence-electron chi connectivity index (χ3n) is 3.62. The Morgan fingerprint density at radius 2 is 2.16 bits per heavy atom. The van der Waals surface area contributed by atoms with Gasteiger partial charge in [0.25, 0.3) is 0 Å². The lowest BCUT2D eigenvalue weighted by atomic mass is 10.1. The number of hydrogen-bond donors (Lipinski definition) is 1. The zero-order valence-electron chi connectivity index (χ0n) is 13.5. The third kappa shape index (κ3) is 3.67. The van der Waals surface area contributed by atoms with Crippen molar-refractivity contribution in [2.75, 3.05) is 5.32 Å². The SMILES string of the molecule is Cc1nc(CNc2c(C#N)cnc3ccc(OC(F)F)cc23)c(C)s1. The van der Waals surface area contributed by atoms with E-state index in [0.29, 0.717) is 28.7 Å². The number of aryl methyl sites for hydroxylation is 2. The number of thiazole rings is 1. The molecule has 0 spiro atoms. The van der Waals surface area contributed by atoms with Crippen LogP contribution < -0.4 is 10.1 Å². The summed E-state index contributed by atoms with van der Waals surface area (Å²) in [4.78, 5) is 9.73. The summed E-state index contributed by atoms with van der Waals surface area (Å²) < 4.78 is 29.4. The van der Waals surface area contributed by atoms with E-state index >= 15 is 0 Å². The Labute approximate surface area is 146 Å². The number of nitriles is 1. The molecular weight excluding hydrogens is 346 g/mol. The van der Waals surface area contributed by atoms with Gasteiger partial charge < -0.3 is 10.1 Å². The molecule has 0 aliphatic heterocycles. The Bertz CT molecular complexity index is 965. The van der Waals surface area contributed by atoms with Crippen molar-refractivity contribution in [1.82, 2.24) is 9.97 Å². The van der Waals surface area contributed by atoms with E-state index in [4.69, 9.17) is 0 Å². The van der Waals surface area contributed by atoms with E-state index in [1.807, 2.05) is 13.8 Å². The van der Waals surface area contributed by atoms with Crippen LogP contribution in [0.4, 0.5) is 14.5 Å². The van der Waals surface area contributed by atoms with Crippen molar-refractivity contribution in [3.8, 4) is 11.8 Å². The first-order chi connectivity index (χ1) is 12.0. The molecule has 0 fully saturated rings. The molecule has 0 saturated carbocycles. The Morgan fingerprint density at radius 1 is 1.36 bits per heavy atom. The van der Waals surface area contributed by atoms with Gasteiger partial charge in [0.2, 0.25) is 0 Å². The molecule has 0 unspecified atom stereocenters. The Kier molecular flexibility index (Phi) is 4.76. The number of nitrogens with zero attached hydrogens (tertiary/aromatic N) is 3. The van der Waals surface area contributed by atoms with E-state index in [0.717, 1.165) is 15.6 Å². The van der Waals surface area contributed by atoms with Crippen LogP contribution in [0.25, 0.3) is 10.9 Å². The molecule has 2 aromatic heterocycles. The second-order valence-corrected chi connectivity index (χ2v) is 6.71. The van der Waals surface area contributed by atoms with Crippen LogP contribution in [0.2, 0.25) is 0 Å². The van der Waals surface area contributed by atoms with Crippen LogP contribution in [-0.2, 0) is 6.54 Å². The Hall–Kier alpha value is -2.79. The van der Waals surface area contributed by atoms with Gasteiger partial charge in [0.05, 0.1) is 34.0 Å². The highest BCUT2D eigenvalue weighted by Gasteiger charge is 2.13. The Balaban J connectivity index is 2.01. The van der Waals surface area contributed by atoms with Gasteiger partial charge in [-0.05, 0) is 32.0 Å². The lowest BCUT2D eigenvalue weighted by molar-refractivity contribution is -0.0497. The molecule has 128 valence electrons. The van der Waals surface area contributed by atoms with E-state index in [9.17, 15) is 14.0 Å². The summed E-state index contributed by atoms with van der Waals surface area (Å²) in [7, 11) is 0. The van der Waals surface area contributed by atoms with Crippen LogP contribution in [0.5, 0.6) is 5.75 Å². The van der Waals surface area contributed by atoms with Crippen LogP contribution in [0.1, 0.15) is 21.1 Å². The zero-order valence-corrected chi connectivity index (χ0v) is 14.3. The summed E-state index contributed by atoms with van der Waals surface area (Å²) in [5, 5.41) is 14.1. The van der Waals surface area contributed by atoms with Crippen molar-refractivity contribution in [2.24, 2.45) is 0 Å². The molecule has 0 radical (unpaired) electrons. The van der Waals surface area contributed by atoms with E-state index in [2.05, 4.69) is 26.1 Å². The number of hydrogen-bond acceptors (Lipinski definition) is 6. The average molecular weight is 360 g/mol. The normalized spacial score (nSPS) is 10.9. The predicted octanol–water partition coefficient (Wildman–Crippen LogP) is 4.39. The molecule has 0 aliphatic rings. The maximum Gasteiger partial charge on any atom is 0.387 e. The standard InChI is InChI=1S/C17H14F2N4OS/c1-9-15(23-10(2)25-9)8-22-16-11(6-20)7-21-14-4-3-12(5-13(14)16)24-17(18)19/h3-5,7,17H,8H2,1-2H3,(H,21,22). The predicted molar refractivity (Wildman–Crippen MR) is 92.0 cm³/mol. The Morgan fingerprint density at radius 3 is 2.80 bits per heavy atom. The van der Waals surface area contributed by atoms with Gasteiger partial charge in [0, 0.05) is 16.5 Å². The molecule has 0 aliphatic carbocycles. The van der Waals surface area contributed by atoms with Gasteiger partial charge in [-0.1, -0.05) is 0 Å². The van der Waals surface area contributed by atoms with Gasteiger partial charge in [-0.15, -0.1) is 11.3 Å². The quantitative estimate of drug-likeness (QED) is 0.730. The van der Waals surface area contributed by atoms with Crippen LogP contribution >= 0.6 is 11.3 Å². The van der Waals surface area contributed by atoms with Gasteiger partial charge in [-0.25, -0.2) is 4.98 Å². The highest BCUT2D eigenvalue weighted by Crippen LogP contribution is 2.30. The molecule has 25 heavy (non-hydrogen) atoms. The lowest BCUT2D eigenvalue weighted by Crippen LogP contribution is -2.05. The number of alkyl halides is 2. The van der Waals surface area contributed by atoms with Gasteiger partial charge >= 0.3 is 6.61 Å². The van der Waals surface area contributed by atoms with Crippen molar-refractivity contribution >= 4 is 27.9 Å². The zero-order chi connectivity index (χ0) is 18.0. The van der Waals surface area contributed by atoms with E-state index < -0.39 is 6.61 Å². The first kappa shape index (κ1) is 17.0. The van der Waals surface area contributed by atoms with Gasteiger partial charge in [0.1, 0.15) is 11.8 Å². The molecule has 0 bridgehead atoms. The number of anilines is 1. The first-order valence-electron chi connectivity index (χ1n) is 7.42. The maximum absolute atomic E-state index is 12.5. The topological polar surface area (TPSA) is 70.8 Å². The number of aromatic nitrogens is 2. The molecule has 5 nitrogen and oxygen atoms in total. The molecule has 0 saturated heterocycles. The van der Waals surface area contributed by atoms with Crippen LogP contribution in [-0.4, -0.2) is 16.6 Å². The molecule has 1 N–H and O–H groups in total. The molecule has 2 heterocycles. The van der Waals surface area contributed by atoms with Crippen molar-refractivity contribution in [1.29, 1.82) is 5.26 Å². The minimum Gasteiger partial charge on any atom is -0.435 e. The van der Waals surface area contributed by atoms with Crippen LogP contribution in [0, 0.1) is 25.2 Å². The van der Waals surface area contributed by atoms with Gasteiger partial charge in [0.15, 0.2) is 0 Å².